The van der Waals surface area contributed by atoms with E-state index in [-0.39, 0.29) is 5.69 Å². The average Bonchev–Trinajstić information content (AvgIpc) is 2.39. The monoisotopic (exact) mass is 280 g/mol. The van der Waals surface area contributed by atoms with Gasteiger partial charge in [-0.2, -0.15) is 13.2 Å². The Kier molecular flexibility index (Phi) is 3.88. The van der Waals surface area contributed by atoms with E-state index in [4.69, 9.17) is 5.73 Å². The molecular weight excluding hydrogens is 265 g/mol. The molecule has 0 unspecified atom stereocenters. The van der Waals surface area contributed by atoms with Gasteiger partial charge in [0.25, 0.3) is 0 Å². The maximum Gasteiger partial charge on any atom is 0.418 e. The SMILES string of the molecule is CN(Cc1ccccc1)c1ccc(N)c(C(F)(F)F)c1. The van der Waals surface area contributed by atoms with Gasteiger partial charge in [0.15, 0.2) is 0 Å². The van der Waals surface area contributed by atoms with Crippen LogP contribution in [-0.2, 0) is 12.7 Å². The number of benzene rings is 2. The molecule has 0 radical (unpaired) electrons. The molecule has 20 heavy (non-hydrogen) atoms. The molecule has 0 fully saturated rings. The molecule has 0 saturated heterocycles. The highest BCUT2D eigenvalue weighted by Gasteiger charge is 2.33. The predicted molar refractivity (Wildman–Crippen MR) is 74.4 cm³/mol. The van der Waals surface area contributed by atoms with E-state index in [1.54, 1.807) is 18.0 Å². The maximum absolute atomic E-state index is 12.8. The summed E-state index contributed by atoms with van der Waals surface area (Å²) in [5, 5.41) is 0. The van der Waals surface area contributed by atoms with E-state index >= 15 is 0 Å². The van der Waals surface area contributed by atoms with Crippen molar-refractivity contribution in [3.8, 4) is 0 Å². The normalized spacial score (nSPS) is 11.4. The Hall–Kier alpha value is -2.17. The molecule has 5 heteroatoms. The molecule has 0 amide bonds. The summed E-state index contributed by atoms with van der Waals surface area (Å²) < 4.78 is 38.5. The van der Waals surface area contributed by atoms with Crippen molar-refractivity contribution in [2.45, 2.75) is 12.7 Å². The van der Waals surface area contributed by atoms with Crippen LogP contribution >= 0.6 is 0 Å². The van der Waals surface area contributed by atoms with Crippen LogP contribution in [0.5, 0.6) is 0 Å². The van der Waals surface area contributed by atoms with Gasteiger partial charge >= 0.3 is 6.18 Å². The van der Waals surface area contributed by atoms with Crippen LogP contribution in [0.2, 0.25) is 0 Å². The van der Waals surface area contributed by atoms with Crippen molar-refractivity contribution < 1.29 is 13.2 Å². The molecule has 2 rings (SSSR count). The lowest BCUT2D eigenvalue weighted by atomic mass is 10.1. The molecule has 0 atom stereocenters. The van der Waals surface area contributed by atoms with E-state index < -0.39 is 11.7 Å². The van der Waals surface area contributed by atoms with E-state index in [1.165, 1.54) is 6.07 Å². The van der Waals surface area contributed by atoms with Gasteiger partial charge in [0.2, 0.25) is 0 Å². The first-order chi connectivity index (χ1) is 9.38. The van der Waals surface area contributed by atoms with Crippen molar-refractivity contribution in [1.29, 1.82) is 0 Å². The van der Waals surface area contributed by atoms with Gasteiger partial charge in [-0.05, 0) is 23.8 Å². The van der Waals surface area contributed by atoms with Crippen LogP contribution in [0.15, 0.2) is 48.5 Å². The van der Waals surface area contributed by atoms with Gasteiger partial charge in [0.1, 0.15) is 0 Å². The highest BCUT2D eigenvalue weighted by atomic mass is 19.4. The maximum atomic E-state index is 12.8. The quantitative estimate of drug-likeness (QED) is 0.863. The molecule has 0 aliphatic rings. The molecule has 2 N–H and O–H groups in total. The number of nitrogens with two attached hydrogens (primary N) is 1. The zero-order valence-corrected chi connectivity index (χ0v) is 11.0. The lowest BCUT2D eigenvalue weighted by Crippen LogP contribution is -2.18. The van der Waals surface area contributed by atoms with Gasteiger partial charge in [0, 0.05) is 25.0 Å². The second-order valence-electron chi connectivity index (χ2n) is 4.61. The van der Waals surface area contributed by atoms with Crippen LogP contribution < -0.4 is 10.6 Å². The Labute approximate surface area is 115 Å². The molecule has 2 aromatic rings. The van der Waals surface area contributed by atoms with E-state index in [0.29, 0.717) is 12.2 Å². The fraction of sp³-hybridized carbons (Fsp3) is 0.200. The summed E-state index contributed by atoms with van der Waals surface area (Å²) >= 11 is 0. The number of hydrogen-bond acceptors (Lipinski definition) is 2. The van der Waals surface area contributed by atoms with Gasteiger partial charge in [-0.1, -0.05) is 30.3 Å². The molecule has 106 valence electrons. The third-order valence-corrected chi connectivity index (χ3v) is 3.05. The lowest BCUT2D eigenvalue weighted by Gasteiger charge is -2.21. The van der Waals surface area contributed by atoms with E-state index in [1.807, 2.05) is 30.3 Å². The first-order valence-corrected chi connectivity index (χ1v) is 6.09. The summed E-state index contributed by atoms with van der Waals surface area (Å²) in [4.78, 5) is 1.75. The molecule has 0 aromatic heterocycles. The van der Waals surface area contributed by atoms with Crippen LogP contribution in [0.3, 0.4) is 0 Å². The van der Waals surface area contributed by atoms with E-state index in [2.05, 4.69) is 0 Å². The highest BCUT2D eigenvalue weighted by Crippen LogP contribution is 2.35. The Balaban J connectivity index is 2.25. The summed E-state index contributed by atoms with van der Waals surface area (Å²) in [6.45, 7) is 0.530. The molecule has 0 spiro atoms. The second kappa shape index (κ2) is 5.45. The lowest BCUT2D eigenvalue weighted by molar-refractivity contribution is -0.136. The van der Waals surface area contributed by atoms with Crippen LogP contribution in [0.1, 0.15) is 11.1 Å². The van der Waals surface area contributed by atoms with Crippen molar-refractivity contribution >= 4 is 11.4 Å². The summed E-state index contributed by atoms with van der Waals surface area (Å²) in [6.07, 6.45) is -4.44. The van der Waals surface area contributed by atoms with Gasteiger partial charge < -0.3 is 10.6 Å². The van der Waals surface area contributed by atoms with Crippen molar-refractivity contribution in [3.63, 3.8) is 0 Å². The van der Waals surface area contributed by atoms with Crippen LogP contribution in [0.25, 0.3) is 0 Å². The smallest absolute Gasteiger partial charge is 0.398 e. The predicted octanol–water partition coefficient (Wildman–Crippen LogP) is 3.92. The molecule has 2 nitrogen and oxygen atoms in total. The van der Waals surface area contributed by atoms with Gasteiger partial charge in [0.05, 0.1) is 5.56 Å². The average molecular weight is 280 g/mol. The minimum absolute atomic E-state index is 0.255. The molecule has 0 aliphatic heterocycles. The van der Waals surface area contributed by atoms with Gasteiger partial charge in [-0.15, -0.1) is 0 Å². The minimum Gasteiger partial charge on any atom is -0.398 e. The van der Waals surface area contributed by atoms with Gasteiger partial charge in [-0.25, -0.2) is 0 Å². The van der Waals surface area contributed by atoms with E-state index in [0.717, 1.165) is 11.6 Å². The number of alkyl halides is 3. The van der Waals surface area contributed by atoms with Crippen molar-refractivity contribution in [2.75, 3.05) is 17.7 Å². The first-order valence-electron chi connectivity index (χ1n) is 6.09. The second-order valence-corrected chi connectivity index (χ2v) is 4.61. The number of nitrogen functional groups attached to an aromatic ring is 1. The van der Waals surface area contributed by atoms with Crippen molar-refractivity contribution in [3.05, 3.63) is 59.7 Å². The number of hydrogen-bond donors (Lipinski definition) is 1. The standard InChI is InChI=1S/C15H15F3N2/c1-20(10-11-5-3-2-4-6-11)12-7-8-14(19)13(9-12)15(16,17)18/h2-9H,10,19H2,1H3. The summed E-state index contributed by atoms with van der Waals surface area (Å²) in [6, 6.07) is 13.5. The first kappa shape index (κ1) is 14.2. The van der Waals surface area contributed by atoms with E-state index in [9.17, 15) is 13.2 Å². The molecule has 0 bridgehead atoms. The van der Waals surface area contributed by atoms with Crippen LogP contribution in [0, 0.1) is 0 Å². The molecule has 2 aromatic carbocycles. The Morgan fingerprint density at radius 3 is 2.30 bits per heavy atom. The Bertz CT molecular complexity index is 579. The van der Waals surface area contributed by atoms with Crippen molar-refractivity contribution in [2.24, 2.45) is 0 Å². The number of halogens is 3. The summed E-state index contributed by atoms with van der Waals surface area (Å²) in [5.41, 5.74) is 5.85. The fourth-order valence-corrected chi connectivity index (χ4v) is 1.98. The zero-order valence-electron chi connectivity index (χ0n) is 11.0. The number of rotatable bonds is 3. The van der Waals surface area contributed by atoms with Gasteiger partial charge in [-0.3, -0.25) is 0 Å². The third-order valence-electron chi connectivity index (χ3n) is 3.05. The fourth-order valence-electron chi connectivity index (χ4n) is 1.98. The zero-order chi connectivity index (χ0) is 14.8. The number of anilines is 2. The topological polar surface area (TPSA) is 29.3 Å². The van der Waals surface area contributed by atoms with Crippen molar-refractivity contribution in [1.82, 2.24) is 0 Å². The van der Waals surface area contributed by atoms with Crippen LogP contribution in [-0.4, -0.2) is 7.05 Å². The molecule has 0 saturated carbocycles. The molecule has 0 heterocycles. The minimum atomic E-state index is -4.44. The largest absolute Gasteiger partial charge is 0.418 e. The Morgan fingerprint density at radius 1 is 1.05 bits per heavy atom. The molecular formula is C15H15F3N2. The summed E-state index contributed by atoms with van der Waals surface area (Å²) in [7, 11) is 1.75. The summed E-state index contributed by atoms with van der Waals surface area (Å²) in [5.74, 6) is 0. The highest BCUT2D eigenvalue weighted by molar-refractivity contribution is 5.59. The third kappa shape index (κ3) is 3.23. The number of nitrogens with zero attached hydrogens (tertiary/aromatic N) is 1. The van der Waals surface area contributed by atoms with Crippen LogP contribution in [0.4, 0.5) is 24.5 Å². The molecule has 0 aliphatic carbocycles. The Morgan fingerprint density at radius 2 is 1.70 bits per heavy atom.